The number of hydrogen-bond donors (Lipinski definition) is 1. The molecule has 5 rings (SSSR count). The lowest BCUT2D eigenvalue weighted by Gasteiger charge is -2.14. The van der Waals surface area contributed by atoms with Gasteiger partial charge < -0.3 is 10.2 Å². The largest absolute Gasteiger partial charge is 0.382 e. The molecule has 47 heavy (non-hydrogen) atoms. The summed E-state index contributed by atoms with van der Waals surface area (Å²) in [4.78, 5) is 6.81. The lowest BCUT2D eigenvalue weighted by Crippen LogP contribution is -2.27. The van der Waals surface area contributed by atoms with E-state index in [1.165, 1.54) is 16.4 Å². The number of likely N-dealkylation sites (N-methyl/N-ethyl adjacent to an activating group) is 1. The minimum Gasteiger partial charge on any atom is -0.382 e. The average molecular weight is 622 g/mol. The highest BCUT2D eigenvalue weighted by atomic mass is 15.4. The molecule has 0 aliphatic carbocycles. The van der Waals surface area contributed by atoms with Crippen molar-refractivity contribution in [2.45, 2.75) is 25.7 Å². The van der Waals surface area contributed by atoms with E-state index >= 15 is 0 Å². The molecular formula is C40H43N7. The van der Waals surface area contributed by atoms with Crippen molar-refractivity contribution in [2.24, 2.45) is 4.99 Å². The quantitative estimate of drug-likeness (QED) is 0.116. The van der Waals surface area contributed by atoms with Crippen LogP contribution >= 0.6 is 0 Å². The minimum absolute atomic E-state index is 0.652. The van der Waals surface area contributed by atoms with E-state index in [1.807, 2.05) is 46.8 Å². The fourth-order valence-corrected chi connectivity index (χ4v) is 4.79. The number of fused-ring (bicyclic) bond motifs is 2. The Balaban J connectivity index is 0.000000555. The Morgan fingerprint density at radius 2 is 1.79 bits per heavy atom. The Morgan fingerprint density at radius 1 is 0.957 bits per heavy atom. The molecule has 7 heteroatoms. The third-order valence-electron chi connectivity index (χ3n) is 7.53. The number of benzene rings is 2. The first kappa shape index (κ1) is 34.1. The number of nitrogens with one attached hydrogen (secondary N) is 1. The Kier molecular flexibility index (Phi) is 12.8. The van der Waals surface area contributed by atoms with Crippen molar-refractivity contribution < 1.29 is 0 Å². The molecule has 4 aromatic rings. The predicted octanol–water partition coefficient (Wildman–Crippen LogP) is 5.79. The van der Waals surface area contributed by atoms with E-state index in [1.54, 1.807) is 18.2 Å². The van der Waals surface area contributed by atoms with Crippen LogP contribution in [0.25, 0.3) is 22.5 Å². The van der Waals surface area contributed by atoms with E-state index in [9.17, 15) is 0 Å². The van der Waals surface area contributed by atoms with Crippen molar-refractivity contribution in [1.29, 1.82) is 0 Å². The molecule has 0 atom stereocenters. The van der Waals surface area contributed by atoms with E-state index < -0.39 is 0 Å². The van der Waals surface area contributed by atoms with Crippen molar-refractivity contribution in [2.75, 3.05) is 26.7 Å². The van der Waals surface area contributed by atoms with Gasteiger partial charge in [-0.15, -0.1) is 22.7 Å². The topological polar surface area (TPSA) is 70.7 Å². The van der Waals surface area contributed by atoms with Gasteiger partial charge in [0.2, 0.25) is 0 Å². The molecular weight excluding hydrogens is 578 g/mol. The van der Waals surface area contributed by atoms with Crippen LogP contribution < -0.4 is 15.9 Å². The minimum atomic E-state index is 0.652. The molecule has 238 valence electrons. The molecule has 0 saturated carbocycles. The first-order valence-corrected chi connectivity index (χ1v) is 15.7. The van der Waals surface area contributed by atoms with E-state index in [4.69, 9.17) is 10.1 Å². The molecule has 1 aliphatic heterocycles. The number of aryl methyl sites for hydroxylation is 2. The fraction of sp³-hybridized carbons (Fsp3) is 0.200. The number of nitrogens with zero attached hydrogens (tertiary/aromatic N) is 6. The second-order valence-electron chi connectivity index (χ2n) is 10.9. The van der Waals surface area contributed by atoms with Gasteiger partial charge in [0.15, 0.2) is 11.5 Å². The van der Waals surface area contributed by atoms with Gasteiger partial charge in [-0.05, 0) is 54.3 Å². The second kappa shape index (κ2) is 17.7. The van der Waals surface area contributed by atoms with Crippen LogP contribution in [-0.4, -0.2) is 51.4 Å². The first-order valence-electron chi connectivity index (χ1n) is 15.7. The van der Waals surface area contributed by atoms with Crippen molar-refractivity contribution in [3.63, 3.8) is 0 Å². The highest BCUT2D eigenvalue weighted by Gasteiger charge is 2.11. The maximum absolute atomic E-state index is 4.83. The van der Waals surface area contributed by atoms with Crippen molar-refractivity contribution in [1.82, 2.24) is 30.0 Å². The van der Waals surface area contributed by atoms with Crippen LogP contribution in [-0.2, 0) is 12.8 Å². The van der Waals surface area contributed by atoms with Gasteiger partial charge in [-0.25, -0.2) is 0 Å². The zero-order chi connectivity index (χ0) is 33.4. The standard InChI is InChI=1S/C33H32N6.C7H11N/c1-4-25(2)38(3)23-10-6-7-12-26-16-18-29-27(15-11-22-34-31(29)24-26)17-20-32-35-36-33-21-19-30(37-39(32)33)28-13-8-5-9-14-28;1-4-6-8-7(3)5-2/h4-5,8-9,11,13-16,18-19,21,24H,1-2,7,12,17,20,22-23H2,3H3;4-5,8H,1-3,6H2. The Morgan fingerprint density at radius 3 is 2.55 bits per heavy atom. The van der Waals surface area contributed by atoms with E-state index in [-0.39, 0.29) is 0 Å². The summed E-state index contributed by atoms with van der Waals surface area (Å²) in [5.41, 5.74) is 6.95. The molecule has 0 saturated heterocycles. The second-order valence-corrected chi connectivity index (χ2v) is 10.9. The van der Waals surface area contributed by atoms with Gasteiger partial charge in [-0.2, -0.15) is 9.61 Å². The normalized spacial score (nSPS) is 11.4. The van der Waals surface area contributed by atoms with E-state index in [0.29, 0.717) is 13.1 Å². The number of allylic oxidation sites excluding steroid dienone is 3. The van der Waals surface area contributed by atoms with Gasteiger partial charge in [-0.3, -0.25) is 4.99 Å². The van der Waals surface area contributed by atoms with Crippen LogP contribution in [0, 0.1) is 11.8 Å². The molecule has 2 aromatic carbocycles. The van der Waals surface area contributed by atoms with Gasteiger partial charge in [0.25, 0.3) is 0 Å². The van der Waals surface area contributed by atoms with Crippen molar-refractivity contribution >= 4 is 11.2 Å². The Hall–Kier alpha value is -5.74. The summed E-state index contributed by atoms with van der Waals surface area (Å²) < 4.78 is 1.86. The molecule has 0 unspecified atom stereocenters. The van der Waals surface area contributed by atoms with Crippen LogP contribution in [0.3, 0.4) is 0 Å². The zero-order valence-electron chi connectivity index (χ0n) is 27.3. The maximum atomic E-state index is 4.83. The molecule has 1 aliphatic rings. The van der Waals surface area contributed by atoms with Crippen molar-refractivity contribution in [3.05, 3.63) is 157 Å². The average Bonchev–Trinajstić information content (AvgIpc) is 3.41. The lowest BCUT2D eigenvalue weighted by molar-refractivity contribution is 0.489. The third-order valence-corrected chi connectivity index (χ3v) is 7.53. The van der Waals surface area contributed by atoms with Crippen LogP contribution in [0.5, 0.6) is 0 Å². The van der Waals surface area contributed by atoms with Crippen LogP contribution in [0.15, 0.2) is 140 Å². The molecule has 7 nitrogen and oxygen atoms in total. The summed E-state index contributed by atoms with van der Waals surface area (Å²) in [7, 11) is 1.97. The number of rotatable bonds is 13. The SMILES string of the molecule is C=CC(=C)N(C)CC#CCCc1ccc2c(c1)=NCC=CC=2CCc1nnc2ccc(-c3ccccc3)nn12.C=CCNC(=C)C=C. The van der Waals surface area contributed by atoms with E-state index in [0.717, 1.165) is 71.7 Å². The van der Waals surface area contributed by atoms with Crippen LogP contribution in [0.2, 0.25) is 0 Å². The van der Waals surface area contributed by atoms with Gasteiger partial charge in [0.05, 0.1) is 24.1 Å². The number of aromatic nitrogens is 4. The van der Waals surface area contributed by atoms with E-state index in [2.05, 4.69) is 103 Å². The molecule has 0 spiro atoms. The summed E-state index contributed by atoms with van der Waals surface area (Å²) in [6.07, 6.45) is 12.8. The summed E-state index contributed by atoms with van der Waals surface area (Å²) >= 11 is 0. The summed E-state index contributed by atoms with van der Waals surface area (Å²) in [5.74, 6) is 7.34. The molecule has 1 N–H and O–H groups in total. The summed E-state index contributed by atoms with van der Waals surface area (Å²) in [5, 5.41) is 18.8. The molecule has 0 amide bonds. The molecule has 0 radical (unpaired) electrons. The highest BCUT2D eigenvalue weighted by molar-refractivity contribution is 5.60. The molecule has 0 fully saturated rings. The Labute approximate surface area is 278 Å². The highest BCUT2D eigenvalue weighted by Crippen LogP contribution is 2.18. The summed E-state index contributed by atoms with van der Waals surface area (Å²) in [6, 6.07) is 20.7. The Bertz CT molecular complexity index is 1950. The first-order chi connectivity index (χ1) is 22.9. The summed E-state index contributed by atoms with van der Waals surface area (Å²) in [6.45, 7) is 20.5. The molecule has 3 heterocycles. The molecule has 2 aromatic heterocycles. The van der Waals surface area contributed by atoms with Gasteiger partial charge in [-0.1, -0.05) is 92.9 Å². The lowest BCUT2D eigenvalue weighted by atomic mass is 10.0. The number of hydrogen-bond acceptors (Lipinski definition) is 6. The van der Waals surface area contributed by atoms with Crippen molar-refractivity contribution in [3.8, 4) is 23.1 Å². The smallest absolute Gasteiger partial charge is 0.177 e. The molecule has 0 bridgehead atoms. The fourth-order valence-electron chi connectivity index (χ4n) is 4.79. The zero-order valence-corrected chi connectivity index (χ0v) is 27.3. The van der Waals surface area contributed by atoms with Crippen LogP contribution in [0.1, 0.15) is 24.2 Å². The predicted molar refractivity (Wildman–Crippen MR) is 195 cm³/mol. The van der Waals surface area contributed by atoms with Gasteiger partial charge in [0.1, 0.15) is 0 Å². The monoisotopic (exact) mass is 621 g/mol. The van der Waals surface area contributed by atoms with Crippen LogP contribution in [0.4, 0.5) is 0 Å². The van der Waals surface area contributed by atoms with Gasteiger partial charge >= 0.3 is 0 Å². The third kappa shape index (κ3) is 9.87. The maximum Gasteiger partial charge on any atom is 0.177 e. The van der Waals surface area contributed by atoms with Gasteiger partial charge in [0, 0.05) is 48.6 Å².